The molecule has 1 nitrogen and oxygen atoms in total. The van der Waals surface area contributed by atoms with E-state index in [-0.39, 0.29) is 0 Å². The van der Waals surface area contributed by atoms with Crippen molar-refractivity contribution in [3.05, 3.63) is 29.1 Å². The lowest BCUT2D eigenvalue weighted by Gasteiger charge is -1.98. The number of phenols is 1. The van der Waals surface area contributed by atoms with Crippen LogP contribution in [0.5, 0.6) is 5.75 Å². The van der Waals surface area contributed by atoms with Gasteiger partial charge in [-0.1, -0.05) is 0 Å². The molecule has 0 saturated heterocycles. The summed E-state index contributed by atoms with van der Waals surface area (Å²) < 4.78 is 1.24. The number of hydrogen-bond acceptors (Lipinski definition) is 2. The lowest BCUT2D eigenvalue weighted by atomic mass is 10.1. The standard InChI is InChI=1S/C9H8OS/c1-6-7-4-5-11-9(7)3-2-8(6)10/h2-5,10H,1H3. The summed E-state index contributed by atoms with van der Waals surface area (Å²) in [5, 5.41) is 12.5. The molecule has 0 fully saturated rings. The van der Waals surface area contributed by atoms with Crippen LogP contribution in [0.2, 0.25) is 0 Å². The van der Waals surface area contributed by atoms with Gasteiger partial charge in [-0.2, -0.15) is 0 Å². The summed E-state index contributed by atoms with van der Waals surface area (Å²) in [6, 6.07) is 5.73. The second-order valence-corrected chi connectivity index (χ2v) is 3.49. The number of fused-ring (bicyclic) bond motifs is 1. The monoisotopic (exact) mass is 164 g/mol. The molecule has 0 atom stereocenters. The zero-order valence-corrected chi connectivity index (χ0v) is 6.98. The van der Waals surface area contributed by atoms with Gasteiger partial charge >= 0.3 is 0 Å². The Morgan fingerprint density at radius 2 is 2.09 bits per heavy atom. The zero-order chi connectivity index (χ0) is 7.84. The summed E-state index contributed by atoms with van der Waals surface area (Å²) in [4.78, 5) is 0. The molecule has 0 bridgehead atoms. The molecule has 0 spiro atoms. The Morgan fingerprint density at radius 1 is 1.27 bits per heavy atom. The van der Waals surface area contributed by atoms with Gasteiger partial charge in [0.15, 0.2) is 0 Å². The fourth-order valence-corrected chi connectivity index (χ4v) is 2.02. The van der Waals surface area contributed by atoms with E-state index in [0.29, 0.717) is 5.75 Å². The Morgan fingerprint density at radius 3 is 2.91 bits per heavy atom. The van der Waals surface area contributed by atoms with Crippen molar-refractivity contribution in [3.8, 4) is 5.75 Å². The lowest BCUT2D eigenvalue weighted by Crippen LogP contribution is -1.73. The molecule has 0 aliphatic carbocycles. The molecule has 2 rings (SSSR count). The fraction of sp³-hybridized carbons (Fsp3) is 0.111. The van der Waals surface area contributed by atoms with Gasteiger partial charge in [0, 0.05) is 4.70 Å². The first-order valence-electron chi connectivity index (χ1n) is 3.45. The van der Waals surface area contributed by atoms with Crippen LogP contribution in [-0.2, 0) is 0 Å². The molecule has 0 unspecified atom stereocenters. The molecule has 0 aliphatic heterocycles. The Kier molecular flexibility index (Phi) is 1.36. The number of rotatable bonds is 0. The predicted molar refractivity (Wildman–Crippen MR) is 48.2 cm³/mol. The molecule has 2 heteroatoms. The molecule has 0 radical (unpaired) electrons. The van der Waals surface area contributed by atoms with Crippen LogP contribution in [-0.4, -0.2) is 5.11 Å². The summed E-state index contributed by atoms with van der Waals surface area (Å²) in [6.45, 7) is 1.93. The van der Waals surface area contributed by atoms with Crippen LogP contribution in [0.3, 0.4) is 0 Å². The molecule has 1 aromatic heterocycles. The lowest BCUT2D eigenvalue weighted by molar-refractivity contribution is 0.472. The van der Waals surface area contributed by atoms with Crippen molar-refractivity contribution in [1.29, 1.82) is 0 Å². The number of phenolic OH excluding ortho intramolecular Hbond substituents is 1. The highest BCUT2D eigenvalue weighted by molar-refractivity contribution is 7.17. The van der Waals surface area contributed by atoms with Crippen LogP contribution in [0.4, 0.5) is 0 Å². The maximum Gasteiger partial charge on any atom is 0.119 e. The van der Waals surface area contributed by atoms with Crippen molar-refractivity contribution in [2.75, 3.05) is 0 Å². The normalized spacial score (nSPS) is 10.6. The van der Waals surface area contributed by atoms with Crippen LogP contribution in [0.1, 0.15) is 5.56 Å². The van der Waals surface area contributed by atoms with Crippen molar-refractivity contribution < 1.29 is 5.11 Å². The van der Waals surface area contributed by atoms with E-state index >= 15 is 0 Å². The highest BCUT2D eigenvalue weighted by atomic mass is 32.1. The van der Waals surface area contributed by atoms with Crippen LogP contribution in [0, 0.1) is 6.92 Å². The van der Waals surface area contributed by atoms with Gasteiger partial charge in [0.05, 0.1) is 0 Å². The molecule has 0 saturated carbocycles. The molecular weight excluding hydrogens is 156 g/mol. The van der Waals surface area contributed by atoms with Crippen molar-refractivity contribution >= 4 is 21.4 Å². The molecular formula is C9H8OS. The highest BCUT2D eigenvalue weighted by Crippen LogP contribution is 2.29. The van der Waals surface area contributed by atoms with Crippen LogP contribution >= 0.6 is 11.3 Å². The second-order valence-electron chi connectivity index (χ2n) is 2.54. The molecule has 1 N–H and O–H groups in total. The first-order valence-corrected chi connectivity index (χ1v) is 4.33. The van der Waals surface area contributed by atoms with Gasteiger partial charge in [0.1, 0.15) is 5.75 Å². The van der Waals surface area contributed by atoms with Gasteiger partial charge in [-0.05, 0) is 41.5 Å². The Labute approximate surface area is 68.9 Å². The van der Waals surface area contributed by atoms with Gasteiger partial charge in [-0.25, -0.2) is 0 Å². The van der Waals surface area contributed by atoms with Crippen molar-refractivity contribution in [3.63, 3.8) is 0 Å². The van der Waals surface area contributed by atoms with Crippen LogP contribution in [0.15, 0.2) is 23.6 Å². The molecule has 0 aliphatic rings. The highest BCUT2D eigenvalue weighted by Gasteiger charge is 2.01. The maximum atomic E-state index is 9.34. The molecule has 2 aromatic rings. The smallest absolute Gasteiger partial charge is 0.119 e. The van der Waals surface area contributed by atoms with Crippen molar-refractivity contribution in [1.82, 2.24) is 0 Å². The molecule has 56 valence electrons. The Hall–Kier alpha value is -1.02. The van der Waals surface area contributed by atoms with Crippen molar-refractivity contribution in [2.24, 2.45) is 0 Å². The number of aryl methyl sites for hydroxylation is 1. The summed E-state index contributed by atoms with van der Waals surface area (Å²) in [5.41, 5.74) is 0.976. The van der Waals surface area contributed by atoms with E-state index in [0.717, 1.165) is 10.9 Å². The largest absolute Gasteiger partial charge is 0.508 e. The molecule has 1 heterocycles. The maximum absolute atomic E-state index is 9.34. The van der Waals surface area contributed by atoms with Gasteiger partial charge in [-0.3, -0.25) is 0 Å². The minimum Gasteiger partial charge on any atom is -0.508 e. The Bertz CT molecular complexity index is 389. The summed E-state index contributed by atoms with van der Waals surface area (Å²) >= 11 is 1.70. The third kappa shape index (κ3) is 0.906. The van der Waals surface area contributed by atoms with E-state index in [1.54, 1.807) is 17.4 Å². The summed E-state index contributed by atoms with van der Waals surface area (Å²) in [5.74, 6) is 0.385. The average Bonchev–Trinajstić information content (AvgIpc) is 2.45. The SMILES string of the molecule is Cc1c(O)ccc2sccc12. The van der Waals surface area contributed by atoms with E-state index in [2.05, 4.69) is 0 Å². The van der Waals surface area contributed by atoms with E-state index < -0.39 is 0 Å². The average molecular weight is 164 g/mol. The van der Waals surface area contributed by atoms with E-state index in [9.17, 15) is 5.11 Å². The number of thiophene rings is 1. The first-order chi connectivity index (χ1) is 5.29. The quantitative estimate of drug-likeness (QED) is 0.634. The third-order valence-electron chi connectivity index (χ3n) is 1.88. The van der Waals surface area contributed by atoms with Gasteiger partial charge in [0.25, 0.3) is 0 Å². The minimum absolute atomic E-state index is 0.385. The van der Waals surface area contributed by atoms with Crippen LogP contribution in [0.25, 0.3) is 10.1 Å². The molecule has 1 aromatic carbocycles. The van der Waals surface area contributed by atoms with Gasteiger partial charge < -0.3 is 5.11 Å². The topological polar surface area (TPSA) is 20.2 Å². The zero-order valence-electron chi connectivity index (χ0n) is 6.16. The first kappa shape index (κ1) is 6.68. The summed E-state index contributed by atoms with van der Waals surface area (Å²) in [6.07, 6.45) is 0. The van der Waals surface area contributed by atoms with E-state index in [1.165, 1.54) is 4.70 Å². The molecule has 11 heavy (non-hydrogen) atoms. The van der Waals surface area contributed by atoms with E-state index in [1.807, 2.05) is 24.4 Å². The Balaban J connectivity index is 2.93. The van der Waals surface area contributed by atoms with E-state index in [4.69, 9.17) is 0 Å². The fourth-order valence-electron chi connectivity index (χ4n) is 1.18. The predicted octanol–water partition coefficient (Wildman–Crippen LogP) is 2.92. The molecule has 0 amide bonds. The number of hydrogen-bond donors (Lipinski definition) is 1. The third-order valence-corrected chi connectivity index (χ3v) is 2.76. The number of benzene rings is 1. The summed E-state index contributed by atoms with van der Waals surface area (Å²) in [7, 11) is 0. The van der Waals surface area contributed by atoms with Gasteiger partial charge in [0.2, 0.25) is 0 Å². The van der Waals surface area contributed by atoms with Gasteiger partial charge in [-0.15, -0.1) is 11.3 Å². The number of aromatic hydroxyl groups is 1. The second kappa shape index (κ2) is 2.24. The minimum atomic E-state index is 0.385. The van der Waals surface area contributed by atoms with Crippen molar-refractivity contribution in [2.45, 2.75) is 6.92 Å². The van der Waals surface area contributed by atoms with Crippen LogP contribution < -0.4 is 0 Å².